The summed E-state index contributed by atoms with van der Waals surface area (Å²) in [5, 5.41) is 8.19. The molecule has 0 bridgehead atoms. The summed E-state index contributed by atoms with van der Waals surface area (Å²) in [6.45, 7) is 0. The first-order valence-electron chi connectivity index (χ1n) is 5.07. The van der Waals surface area contributed by atoms with E-state index >= 15 is 0 Å². The Labute approximate surface area is 121 Å². The van der Waals surface area contributed by atoms with Crippen LogP contribution in [0.4, 0.5) is 26.3 Å². The fraction of sp³-hybridized carbons (Fsp3) is 0.400. The number of halogens is 7. The van der Waals surface area contributed by atoms with Gasteiger partial charge in [0, 0.05) is 10.9 Å². The van der Waals surface area contributed by atoms with Crippen LogP contribution in [0.15, 0.2) is 6.20 Å². The van der Waals surface area contributed by atoms with E-state index < -0.39 is 52.8 Å². The maximum Gasteiger partial charge on any atom is 0.573 e. The van der Waals surface area contributed by atoms with Gasteiger partial charge in [0.15, 0.2) is 5.75 Å². The molecule has 118 valence electrons. The summed E-state index contributed by atoms with van der Waals surface area (Å²) in [6, 6.07) is 0. The molecule has 0 spiro atoms. The van der Waals surface area contributed by atoms with Crippen LogP contribution >= 0.6 is 15.9 Å². The number of aromatic nitrogens is 1. The lowest BCUT2D eigenvalue weighted by molar-refractivity contribution is -0.275. The molecule has 0 saturated heterocycles. The Morgan fingerprint density at radius 1 is 1.29 bits per heavy atom. The van der Waals surface area contributed by atoms with Crippen molar-refractivity contribution >= 4 is 21.9 Å². The molecule has 0 aliphatic rings. The van der Waals surface area contributed by atoms with Crippen LogP contribution in [0.5, 0.6) is 5.75 Å². The van der Waals surface area contributed by atoms with E-state index in [4.69, 9.17) is 5.11 Å². The van der Waals surface area contributed by atoms with Crippen LogP contribution in [0, 0.1) is 0 Å². The Hall–Kier alpha value is -1.52. The lowest BCUT2D eigenvalue weighted by Crippen LogP contribution is -2.22. The van der Waals surface area contributed by atoms with Gasteiger partial charge in [0.25, 0.3) is 0 Å². The molecule has 1 N–H and O–H groups in total. The SMILES string of the molecule is O=C(O)Cc1c(OC(F)(F)F)cnc(CBr)c1C(F)(F)F. The van der Waals surface area contributed by atoms with Crippen LogP contribution < -0.4 is 4.74 Å². The Kier molecular flexibility index (Phi) is 5.07. The third-order valence-electron chi connectivity index (χ3n) is 2.19. The minimum absolute atomic E-state index is 0.414. The Bertz CT molecular complexity index is 543. The number of nitrogens with zero attached hydrogens (tertiary/aromatic N) is 1. The van der Waals surface area contributed by atoms with Gasteiger partial charge in [0.1, 0.15) is 0 Å². The van der Waals surface area contributed by atoms with Crippen molar-refractivity contribution in [3.8, 4) is 5.75 Å². The van der Waals surface area contributed by atoms with Crippen LogP contribution in [-0.2, 0) is 22.7 Å². The second kappa shape index (κ2) is 6.08. The predicted octanol–water partition coefficient (Wildman–Crippen LogP) is 3.52. The summed E-state index contributed by atoms with van der Waals surface area (Å²) in [5.41, 5.74) is -3.31. The molecule has 1 aromatic rings. The van der Waals surface area contributed by atoms with Crippen molar-refractivity contribution in [1.29, 1.82) is 0 Å². The van der Waals surface area contributed by atoms with Gasteiger partial charge in [-0.1, -0.05) is 15.9 Å². The Morgan fingerprint density at radius 3 is 2.24 bits per heavy atom. The minimum atomic E-state index is -5.27. The maximum atomic E-state index is 13.0. The van der Waals surface area contributed by atoms with Crippen LogP contribution in [0.1, 0.15) is 16.8 Å². The fourth-order valence-electron chi connectivity index (χ4n) is 1.55. The molecule has 21 heavy (non-hydrogen) atoms. The van der Waals surface area contributed by atoms with Crippen LogP contribution in [0.3, 0.4) is 0 Å². The van der Waals surface area contributed by atoms with Crippen molar-refractivity contribution in [2.75, 3.05) is 0 Å². The van der Waals surface area contributed by atoms with Crippen molar-refractivity contribution in [3.05, 3.63) is 23.0 Å². The van der Waals surface area contributed by atoms with E-state index in [-0.39, 0.29) is 0 Å². The smallest absolute Gasteiger partial charge is 0.481 e. The molecule has 0 aliphatic heterocycles. The number of carboxylic acid groups (broad SMARTS) is 1. The highest BCUT2D eigenvalue weighted by Gasteiger charge is 2.41. The minimum Gasteiger partial charge on any atom is -0.481 e. The number of alkyl halides is 7. The van der Waals surface area contributed by atoms with Crippen LogP contribution in [-0.4, -0.2) is 22.4 Å². The molecule has 0 amide bonds. The van der Waals surface area contributed by atoms with E-state index in [1.54, 1.807) is 0 Å². The molecular formula is C10H6BrF6NO3. The molecule has 0 saturated carbocycles. The molecule has 0 aliphatic carbocycles. The molecule has 1 heterocycles. The van der Waals surface area contributed by atoms with E-state index in [0.717, 1.165) is 0 Å². The third-order valence-corrected chi connectivity index (χ3v) is 2.72. The van der Waals surface area contributed by atoms with Crippen LogP contribution in [0.2, 0.25) is 0 Å². The maximum absolute atomic E-state index is 13.0. The monoisotopic (exact) mass is 381 g/mol. The largest absolute Gasteiger partial charge is 0.573 e. The van der Waals surface area contributed by atoms with E-state index in [1.165, 1.54) is 0 Å². The zero-order valence-electron chi connectivity index (χ0n) is 9.85. The summed E-state index contributed by atoms with van der Waals surface area (Å²) >= 11 is 2.71. The highest BCUT2D eigenvalue weighted by Crippen LogP contribution is 2.40. The number of rotatable bonds is 4. The van der Waals surface area contributed by atoms with Gasteiger partial charge in [0.05, 0.1) is 23.9 Å². The summed E-state index contributed by atoms with van der Waals surface area (Å²) in [5.74, 6) is -3.03. The zero-order chi connectivity index (χ0) is 16.4. The van der Waals surface area contributed by atoms with E-state index in [9.17, 15) is 31.1 Å². The van der Waals surface area contributed by atoms with Gasteiger partial charge in [0.2, 0.25) is 0 Å². The number of ether oxygens (including phenoxy) is 1. The van der Waals surface area contributed by atoms with Gasteiger partial charge in [-0.2, -0.15) is 13.2 Å². The first kappa shape index (κ1) is 17.5. The molecule has 0 fully saturated rings. The van der Waals surface area contributed by atoms with Crippen LogP contribution in [0.25, 0.3) is 0 Å². The average Bonchev–Trinajstić information content (AvgIpc) is 2.26. The number of pyridine rings is 1. The van der Waals surface area contributed by atoms with E-state index in [1.807, 2.05) is 0 Å². The molecule has 11 heteroatoms. The standard InChI is InChI=1S/C10H6BrF6NO3/c11-2-5-8(9(12,13)14)4(1-7(19)20)6(3-18-5)21-10(15,16)17/h3H,1-2H2,(H,19,20). The van der Waals surface area contributed by atoms with Crippen molar-refractivity contribution < 1.29 is 41.0 Å². The lowest BCUT2D eigenvalue weighted by atomic mass is 10.0. The summed E-state index contributed by atoms with van der Waals surface area (Å²) in [4.78, 5) is 13.9. The first-order chi connectivity index (χ1) is 9.45. The molecule has 0 aromatic carbocycles. The fourth-order valence-corrected chi connectivity index (χ4v) is 1.98. The second-order valence-corrected chi connectivity index (χ2v) is 4.23. The number of carbonyl (C=O) groups is 1. The van der Waals surface area contributed by atoms with Gasteiger partial charge >= 0.3 is 18.5 Å². The molecule has 1 rings (SSSR count). The topological polar surface area (TPSA) is 59.4 Å². The third kappa shape index (κ3) is 4.76. The van der Waals surface area contributed by atoms with Crippen molar-refractivity contribution in [3.63, 3.8) is 0 Å². The van der Waals surface area contributed by atoms with Gasteiger partial charge in [-0.25, -0.2) is 0 Å². The summed E-state index contributed by atoms with van der Waals surface area (Å²) in [6.07, 6.45) is -11.2. The summed E-state index contributed by atoms with van der Waals surface area (Å²) < 4.78 is 78.9. The zero-order valence-corrected chi connectivity index (χ0v) is 11.4. The van der Waals surface area contributed by atoms with Gasteiger partial charge in [-0.15, -0.1) is 13.2 Å². The lowest BCUT2D eigenvalue weighted by Gasteiger charge is -2.19. The number of aliphatic carboxylic acids is 1. The molecule has 0 unspecified atom stereocenters. The van der Waals surface area contributed by atoms with Crippen molar-refractivity contribution in [2.24, 2.45) is 0 Å². The summed E-state index contributed by atoms with van der Waals surface area (Å²) in [7, 11) is 0. The normalized spacial score (nSPS) is 12.3. The Balaban J connectivity index is 3.56. The number of hydrogen-bond acceptors (Lipinski definition) is 3. The molecule has 4 nitrogen and oxygen atoms in total. The first-order valence-corrected chi connectivity index (χ1v) is 6.19. The van der Waals surface area contributed by atoms with Gasteiger partial charge in [-0.3, -0.25) is 9.78 Å². The predicted molar refractivity (Wildman–Crippen MR) is 59.9 cm³/mol. The molecule has 0 atom stereocenters. The van der Waals surface area contributed by atoms with Gasteiger partial charge < -0.3 is 9.84 Å². The van der Waals surface area contributed by atoms with E-state index in [2.05, 4.69) is 25.7 Å². The Morgan fingerprint density at radius 2 is 1.86 bits per heavy atom. The van der Waals surface area contributed by atoms with Crippen molar-refractivity contribution in [2.45, 2.75) is 24.3 Å². The number of hydrogen-bond donors (Lipinski definition) is 1. The highest BCUT2D eigenvalue weighted by molar-refractivity contribution is 9.08. The van der Waals surface area contributed by atoms with Crippen molar-refractivity contribution in [1.82, 2.24) is 4.98 Å². The highest BCUT2D eigenvalue weighted by atomic mass is 79.9. The second-order valence-electron chi connectivity index (χ2n) is 3.67. The quantitative estimate of drug-likeness (QED) is 0.640. The van der Waals surface area contributed by atoms with Gasteiger partial charge in [-0.05, 0) is 0 Å². The molecular weight excluding hydrogens is 376 g/mol. The molecule has 0 radical (unpaired) electrons. The molecule has 1 aromatic heterocycles. The number of carboxylic acids is 1. The van der Waals surface area contributed by atoms with E-state index in [0.29, 0.717) is 6.20 Å². The average molecular weight is 382 g/mol.